The Balaban J connectivity index is 2.62. The van der Waals surface area contributed by atoms with E-state index in [-0.39, 0.29) is 18.0 Å². The van der Waals surface area contributed by atoms with E-state index in [9.17, 15) is 4.79 Å². The van der Waals surface area contributed by atoms with Crippen LogP contribution in [0.25, 0.3) is 0 Å². The summed E-state index contributed by atoms with van der Waals surface area (Å²) in [6.07, 6.45) is 0.976. The van der Waals surface area contributed by atoms with Crippen LogP contribution in [-0.4, -0.2) is 56.1 Å². The van der Waals surface area contributed by atoms with Gasteiger partial charge in [0.25, 0.3) is 5.91 Å². The van der Waals surface area contributed by atoms with Crippen LogP contribution in [0.5, 0.6) is 0 Å². The Morgan fingerprint density at radius 3 is 2.93 bits per heavy atom. The number of rotatable bonds is 3. The van der Waals surface area contributed by atoms with Gasteiger partial charge in [0.15, 0.2) is 0 Å². The Hall–Kier alpha value is -1.03. The van der Waals surface area contributed by atoms with Gasteiger partial charge in [0.1, 0.15) is 6.04 Å². The fourth-order valence-corrected chi connectivity index (χ4v) is 1.72. The lowest BCUT2D eigenvalue weighted by atomic mass is 10.1. The summed E-state index contributed by atoms with van der Waals surface area (Å²) in [6, 6.07) is 2.43. The van der Waals surface area contributed by atoms with Crippen molar-refractivity contribution in [2.45, 2.75) is 25.4 Å². The number of nitrogens with one attached hydrogen (secondary N) is 1. The first-order valence-electron chi connectivity index (χ1n) is 5.22. The predicted molar refractivity (Wildman–Crippen MR) is 59.3 cm³/mol. The van der Waals surface area contributed by atoms with Crippen molar-refractivity contribution in [1.29, 1.82) is 0 Å². The summed E-state index contributed by atoms with van der Waals surface area (Å²) < 4.78 is 0. The van der Waals surface area contributed by atoms with Gasteiger partial charge in [-0.05, 0) is 34.0 Å². The average Bonchev–Trinajstić information content (AvgIpc) is 2.66. The maximum atomic E-state index is 11.7. The Kier molecular flexibility index (Phi) is 4.62. The molecule has 1 rings (SSSR count). The van der Waals surface area contributed by atoms with Crippen LogP contribution in [0.1, 0.15) is 13.3 Å². The second-order valence-corrected chi connectivity index (χ2v) is 3.78. The SMILES string of the molecule is CCN=C=NC(=O)C1NCCC1N(C)C. The van der Waals surface area contributed by atoms with E-state index >= 15 is 0 Å². The molecular weight excluding hydrogens is 192 g/mol. The van der Waals surface area contributed by atoms with Gasteiger partial charge in [-0.15, -0.1) is 4.99 Å². The van der Waals surface area contributed by atoms with E-state index in [0.29, 0.717) is 6.54 Å². The first-order chi connectivity index (χ1) is 7.16. The highest BCUT2D eigenvalue weighted by atomic mass is 16.1. The lowest BCUT2D eigenvalue weighted by molar-refractivity contribution is -0.120. The number of carbonyl (C=O) groups excluding carboxylic acids is 1. The Morgan fingerprint density at radius 2 is 2.33 bits per heavy atom. The molecular formula is C10H18N4O. The monoisotopic (exact) mass is 210 g/mol. The van der Waals surface area contributed by atoms with Gasteiger partial charge in [0, 0.05) is 12.6 Å². The van der Waals surface area contributed by atoms with Crippen molar-refractivity contribution in [2.75, 3.05) is 27.2 Å². The van der Waals surface area contributed by atoms with Crippen molar-refractivity contribution >= 4 is 11.9 Å². The minimum Gasteiger partial charge on any atom is -0.304 e. The Labute approximate surface area is 90.3 Å². The first-order valence-corrected chi connectivity index (χ1v) is 5.22. The zero-order chi connectivity index (χ0) is 11.3. The summed E-state index contributed by atoms with van der Waals surface area (Å²) in [7, 11) is 3.95. The van der Waals surface area contributed by atoms with E-state index in [4.69, 9.17) is 0 Å². The molecule has 2 unspecified atom stereocenters. The van der Waals surface area contributed by atoms with Crippen molar-refractivity contribution in [1.82, 2.24) is 10.2 Å². The quantitative estimate of drug-likeness (QED) is 0.667. The molecule has 0 aromatic rings. The van der Waals surface area contributed by atoms with Crippen LogP contribution in [0.2, 0.25) is 0 Å². The molecule has 1 amide bonds. The number of aliphatic imine (C=N–C) groups is 2. The van der Waals surface area contributed by atoms with Crippen LogP contribution in [-0.2, 0) is 4.79 Å². The lowest BCUT2D eigenvalue weighted by Gasteiger charge is -2.22. The van der Waals surface area contributed by atoms with Crippen LogP contribution in [0.4, 0.5) is 0 Å². The van der Waals surface area contributed by atoms with Gasteiger partial charge >= 0.3 is 0 Å². The average molecular weight is 210 g/mol. The molecule has 1 saturated heterocycles. The second-order valence-electron chi connectivity index (χ2n) is 3.78. The number of amides is 1. The van der Waals surface area contributed by atoms with Gasteiger partial charge in [0.2, 0.25) is 0 Å². The van der Waals surface area contributed by atoms with Crippen molar-refractivity contribution < 1.29 is 4.79 Å². The molecule has 5 heteroatoms. The predicted octanol–water partition coefficient (Wildman–Crippen LogP) is -0.00110. The van der Waals surface area contributed by atoms with Crippen LogP contribution in [0, 0.1) is 0 Å². The number of hydrogen-bond donors (Lipinski definition) is 1. The van der Waals surface area contributed by atoms with Crippen molar-refractivity contribution in [3.8, 4) is 0 Å². The van der Waals surface area contributed by atoms with Crippen LogP contribution < -0.4 is 5.32 Å². The molecule has 15 heavy (non-hydrogen) atoms. The molecule has 1 N–H and O–H groups in total. The van der Waals surface area contributed by atoms with Crippen LogP contribution in [0.3, 0.4) is 0 Å². The van der Waals surface area contributed by atoms with Gasteiger partial charge in [-0.25, -0.2) is 4.99 Å². The van der Waals surface area contributed by atoms with Crippen molar-refractivity contribution in [3.63, 3.8) is 0 Å². The smallest absolute Gasteiger partial charge is 0.273 e. The Morgan fingerprint density at radius 1 is 1.60 bits per heavy atom. The normalized spacial score (nSPS) is 25.1. The number of nitrogens with zero attached hydrogens (tertiary/aromatic N) is 3. The third-order valence-electron chi connectivity index (χ3n) is 2.51. The molecule has 1 aliphatic rings. The minimum atomic E-state index is -0.209. The van der Waals surface area contributed by atoms with Crippen LogP contribution in [0.15, 0.2) is 9.98 Å². The molecule has 0 spiro atoms. The van der Waals surface area contributed by atoms with Gasteiger partial charge < -0.3 is 10.2 Å². The van der Waals surface area contributed by atoms with E-state index in [1.165, 1.54) is 0 Å². The van der Waals surface area contributed by atoms with Crippen LogP contribution >= 0.6 is 0 Å². The third kappa shape index (κ3) is 3.23. The molecule has 0 aromatic carbocycles. The number of hydrogen-bond acceptors (Lipinski definition) is 4. The highest BCUT2D eigenvalue weighted by Gasteiger charge is 2.33. The molecule has 5 nitrogen and oxygen atoms in total. The largest absolute Gasteiger partial charge is 0.304 e. The minimum absolute atomic E-state index is 0.177. The van der Waals surface area contributed by atoms with E-state index in [1.807, 2.05) is 21.0 Å². The molecule has 0 aromatic heterocycles. The summed E-state index contributed by atoms with van der Waals surface area (Å²) in [5.41, 5.74) is 0. The molecule has 0 saturated carbocycles. The highest BCUT2D eigenvalue weighted by Crippen LogP contribution is 2.12. The molecule has 1 heterocycles. The van der Waals surface area contributed by atoms with Gasteiger partial charge in [-0.3, -0.25) is 4.79 Å². The Bertz CT molecular complexity index is 281. The maximum absolute atomic E-state index is 11.7. The zero-order valence-electron chi connectivity index (χ0n) is 9.53. The number of carbonyl (C=O) groups is 1. The summed E-state index contributed by atoms with van der Waals surface area (Å²) in [5, 5.41) is 3.15. The maximum Gasteiger partial charge on any atom is 0.273 e. The van der Waals surface area contributed by atoms with E-state index in [2.05, 4.69) is 26.2 Å². The molecule has 0 aliphatic carbocycles. The fraction of sp³-hybridized carbons (Fsp3) is 0.800. The lowest BCUT2D eigenvalue weighted by Crippen LogP contribution is -2.44. The zero-order valence-corrected chi connectivity index (χ0v) is 9.53. The van der Waals surface area contributed by atoms with E-state index in [0.717, 1.165) is 13.0 Å². The second kappa shape index (κ2) is 5.75. The molecule has 1 fully saturated rings. The van der Waals surface area contributed by atoms with Crippen molar-refractivity contribution in [2.24, 2.45) is 9.98 Å². The fourth-order valence-electron chi connectivity index (χ4n) is 1.72. The standard InChI is InChI=1S/C10H18N4O/c1-4-11-7-13-10(15)9-8(14(2)3)5-6-12-9/h8-9,12H,4-6H2,1-3H3. The van der Waals surface area contributed by atoms with E-state index < -0.39 is 0 Å². The van der Waals surface area contributed by atoms with Gasteiger partial charge in [-0.1, -0.05) is 0 Å². The molecule has 0 radical (unpaired) electrons. The summed E-state index contributed by atoms with van der Waals surface area (Å²) in [6.45, 7) is 3.34. The molecule has 1 aliphatic heterocycles. The molecule has 2 atom stereocenters. The molecule has 0 bridgehead atoms. The van der Waals surface area contributed by atoms with Gasteiger partial charge in [-0.2, -0.15) is 0 Å². The summed E-state index contributed by atoms with van der Waals surface area (Å²) in [5.74, 6) is -0.177. The summed E-state index contributed by atoms with van der Waals surface area (Å²) >= 11 is 0. The highest BCUT2D eigenvalue weighted by molar-refractivity contribution is 5.87. The van der Waals surface area contributed by atoms with Gasteiger partial charge in [0.05, 0.1) is 6.01 Å². The topological polar surface area (TPSA) is 57.1 Å². The van der Waals surface area contributed by atoms with Crippen molar-refractivity contribution in [3.05, 3.63) is 0 Å². The van der Waals surface area contributed by atoms with E-state index in [1.54, 1.807) is 0 Å². The first kappa shape index (κ1) is 12.0. The molecule has 84 valence electrons. The third-order valence-corrected chi connectivity index (χ3v) is 2.51. The number of likely N-dealkylation sites (N-methyl/N-ethyl adjacent to an activating group) is 1. The summed E-state index contributed by atoms with van der Waals surface area (Å²) in [4.78, 5) is 21.2.